The lowest BCUT2D eigenvalue weighted by molar-refractivity contribution is 0.306. The molecule has 0 bridgehead atoms. The summed E-state index contributed by atoms with van der Waals surface area (Å²) in [6.07, 6.45) is 3.67. The standard InChI is InChI=1S/C15H19FN4/c16-11-2-1-3-13(8-11)20-14(17)18-9-15(20)6-7-19(10-15)12-4-5-12/h1-3,8,12H,4-7,9-10H2,(H2,17,18). The minimum atomic E-state index is -0.227. The summed E-state index contributed by atoms with van der Waals surface area (Å²) in [6.45, 7) is 2.80. The van der Waals surface area contributed by atoms with Gasteiger partial charge in [0.15, 0.2) is 5.96 Å². The van der Waals surface area contributed by atoms with Crippen LogP contribution in [0.25, 0.3) is 0 Å². The summed E-state index contributed by atoms with van der Waals surface area (Å²) >= 11 is 0. The molecule has 1 aliphatic carbocycles. The van der Waals surface area contributed by atoms with Crippen molar-refractivity contribution in [2.45, 2.75) is 30.8 Å². The number of guanidine groups is 1. The summed E-state index contributed by atoms with van der Waals surface area (Å²) in [4.78, 5) is 9.04. The molecule has 1 atom stereocenters. The van der Waals surface area contributed by atoms with Crippen molar-refractivity contribution < 1.29 is 4.39 Å². The lowest BCUT2D eigenvalue weighted by Gasteiger charge is -2.36. The van der Waals surface area contributed by atoms with E-state index in [0.717, 1.165) is 37.8 Å². The van der Waals surface area contributed by atoms with Gasteiger partial charge in [0.2, 0.25) is 0 Å². The number of aliphatic imine (C=N–C) groups is 1. The third-order valence-corrected chi connectivity index (χ3v) is 4.73. The number of nitrogens with zero attached hydrogens (tertiary/aromatic N) is 3. The summed E-state index contributed by atoms with van der Waals surface area (Å²) in [7, 11) is 0. The van der Waals surface area contributed by atoms with Gasteiger partial charge in [-0.1, -0.05) is 6.07 Å². The van der Waals surface area contributed by atoms with Gasteiger partial charge in [-0.25, -0.2) is 4.39 Å². The Balaban J connectivity index is 1.66. The van der Waals surface area contributed by atoms with Crippen molar-refractivity contribution in [2.75, 3.05) is 24.5 Å². The molecular weight excluding hydrogens is 255 g/mol. The molecule has 3 aliphatic rings. The number of likely N-dealkylation sites (tertiary alicyclic amines) is 1. The van der Waals surface area contributed by atoms with E-state index >= 15 is 0 Å². The van der Waals surface area contributed by atoms with Gasteiger partial charge in [0.05, 0.1) is 12.1 Å². The summed E-state index contributed by atoms with van der Waals surface area (Å²) in [5.41, 5.74) is 6.84. The zero-order valence-corrected chi connectivity index (χ0v) is 11.4. The summed E-state index contributed by atoms with van der Waals surface area (Å²) in [5, 5.41) is 0. The molecule has 4 rings (SSSR count). The molecule has 4 nitrogen and oxygen atoms in total. The Morgan fingerprint density at radius 1 is 1.35 bits per heavy atom. The average Bonchev–Trinajstić information content (AvgIpc) is 3.12. The number of rotatable bonds is 2. The first-order valence-corrected chi connectivity index (χ1v) is 7.28. The van der Waals surface area contributed by atoms with E-state index in [4.69, 9.17) is 5.73 Å². The fourth-order valence-electron chi connectivity index (χ4n) is 3.58. The summed E-state index contributed by atoms with van der Waals surface area (Å²) < 4.78 is 13.5. The molecule has 1 aromatic carbocycles. The fraction of sp³-hybridized carbons (Fsp3) is 0.533. The zero-order chi connectivity index (χ0) is 13.7. The average molecular weight is 274 g/mol. The summed E-state index contributed by atoms with van der Waals surface area (Å²) in [5.74, 6) is 0.294. The van der Waals surface area contributed by atoms with Crippen LogP contribution in [0.1, 0.15) is 19.3 Å². The minimum Gasteiger partial charge on any atom is -0.369 e. The molecule has 1 saturated heterocycles. The van der Waals surface area contributed by atoms with Crippen molar-refractivity contribution in [3.8, 4) is 0 Å². The Hall–Kier alpha value is -1.62. The van der Waals surface area contributed by atoms with Crippen molar-refractivity contribution >= 4 is 11.6 Å². The van der Waals surface area contributed by atoms with E-state index in [1.54, 1.807) is 12.1 Å². The van der Waals surface area contributed by atoms with Crippen LogP contribution in [-0.4, -0.2) is 42.1 Å². The predicted octanol–water partition coefficient (Wildman–Crippen LogP) is 1.57. The number of anilines is 1. The van der Waals surface area contributed by atoms with E-state index in [-0.39, 0.29) is 11.4 Å². The first-order chi connectivity index (χ1) is 9.68. The molecule has 2 N–H and O–H groups in total. The van der Waals surface area contributed by atoms with Crippen LogP contribution in [0.3, 0.4) is 0 Å². The molecule has 20 heavy (non-hydrogen) atoms. The van der Waals surface area contributed by atoms with Gasteiger partial charge >= 0.3 is 0 Å². The maximum atomic E-state index is 13.5. The molecule has 1 spiro atoms. The van der Waals surface area contributed by atoms with E-state index in [2.05, 4.69) is 14.8 Å². The van der Waals surface area contributed by atoms with Crippen LogP contribution in [0.2, 0.25) is 0 Å². The molecule has 1 saturated carbocycles. The molecule has 2 fully saturated rings. The van der Waals surface area contributed by atoms with E-state index in [9.17, 15) is 4.39 Å². The van der Waals surface area contributed by atoms with Gasteiger partial charge in [0, 0.05) is 24.8 Å². The largest absolute Gasteiger partial charge is 0.369 e. The number of benzene rings is 1. The monoisotopic (exact) mass is 274 g/mol. The van der Waals surface area contributed by atoms with Crippen LogP contribution in [0.15, 0.2) is 29.3 Å². The number of hydrogen-bond donors (Lipinski definition) is 1. The topological polar surface area (TPSA) is 44.9 Å². The summed E-state index contributed by atoms with van der Waals surface area (Å²) in [6, 6.07) is 7.42. The van der Waals surface area contributed by atoms with Crippen molar-refractivity contribution in [3.63, 3.8) is 0 Å². The molecule has 0 amide bonds. The second kappa shape index (κ2) is 4.19. The van der Waals surface area contributed by atoms with Crippen molar-refractivity contribution in [2.24, 2.45) is 10.7 Å². The van der Waals surface area contributed by atoms with Crippen molar-refractivity contribution in [3.05, 3.63) is 30.1 Å². The first-order valence-electron chi connectivity index (χ1n) is 7.28. The third-order valence-electron chi connectivity index (χ3n) is 4.73. The van der Waals surface area contributed by atoms with E-state index < -0.39 is 0 Å². The molecule has 0 radical (unpaired) electrons. The first kappa shape index (κ1) is 12.1. The molecule has 106 valence electrons. The van der Waals surface area contributed by atoms with Crippen LogP contribution in [0, 0.1) is 5.82 Å². The number of nitrogens with two attached hydrogens (primary N) is 1. The van der Waals surface area contributed by atoms with Gasteiger partial charge in [-0.3, -0.25) is 9.89 Å². The van der Waals surface area contributed by atoms with Crippen LogP contribution in [0.5, 0.6) is 0 Å². The van der Waals surface area contributed by atoms with Gasteiger partial charge in [-0.15, -0.1) is 0 Å². The van der Waals surface area contributed by atoms with Crippen LogP contribution < -0.4 is 10.6 Å². The Bertz CT molecular complexity index is 569. The lowest BCUT2D eigenvalue weighted by atomic mass is 9.97. The maximum Gasteiger partial charge on any atom is 0.196 e. The van der Waals surface area contributed by atoms with Gasteiger partial charge in [-0.2, -0.15) is 0 Å². The highest BCUT2D eigenvalue weighted by Crippen LogP contribution is 2.40. The minimum absolute atomic E-state index is 0.0690. The number of hydrogen-bond acceptors (Lipinski definition) is 4. The van der Waals surface area contributed by atoms with Crippen LogP contribution in [0.4, 0.5) is 10.1 Å². The molecular formula is C15H19FN4. The quantitative estimate of drug-likeness (QED) is 0.890. The molecule has 1 unspecified atom stereocenters. The molecule has 2 heterocycles. The Kier molecular flexibility index (Phi) is 2.54. The van der Waals surface area contributed by atoms with Crippen molar-refractivity contribution in [1.82, 2.24) is 4.90 Å². The lowest BCUT2D eigenvalue weighted by Crippen LogP contribution is -2.53. The Morgan fingerprint density at radius 2 is 2.20 bits per heavy atom. The zero-order valence-electron chi connectivity index (χ0n) is 11.4. The van der Waals surface area contributed by atoms with E-state index in [1.807, 2.05) is 6.07 Å². The van der Waals surface area contributed by atoms with Gasteiger partial charge in [-0.05, 0) is 37.5 Å². The normalized spacial score (nSPS) is 30.2. The number of halogens is 1. The Morgan fingerprint density at radius 3 is 2.95 bits per heavy atom. The van der Waals surface area contributed by atoms with E-state index in [1.165, 1.54) is 18.9 Å². The highest BCUT2D eigenvalue weighted by atomic mass is 19.1. The van der Waals surface area contributed by atoms with Crippen LogP contribution in [-0.2, 0) is 0 Å². The Labute approximate surface area is 118 Å². The third kappa shape index (κ3) is 1.80. The maximum absolute atomic E-state index is 13.5. The second-order valence-corrected chi connectivity index (χ2v) is 6.17. The fourth-order valence-corrected chi connectivity index (χ4v) is 3.58. The second-order valence-electron chi connectivity index (χ2n) is 6.17. The predicted molar refractivity (Wildman–Crippen MR) is 77.3 cm³/mol. The van der Waals surface area contributed by atoms with Crippen molar-refractivity contribution in [1.29, 1.82) is 0 Å². The van der Waals surface area contributed by atoms with Gasteiger partial charge < -0.3 is 10.6 Å². The SMILES string of the molecule is NC1=NCC2(CCN(C3CC3)C2)N1c1cccc(F)c1. The highest BCUT2D eigenvalue weighted by Gasteiger charge is 2.50. The van der Waals surface area contributed by atoms with Gasteiger partial charge in [0.1, 0.15) is 5.82 Å². The molecule has 0 aromatic heterocycles. The molecule has 5 heteroatoms. The smallest absolute Gasteiger partial charge is 0.196 e. The van der Waals surface area contributed by atoms with E-state index in [0.29, 0.717) is 5.96 Å². The molecule has 1 aromatic rings. The highest BCUT2D eigenvalue weighted by molar-refractivity contribution is 5.98. The van der Waals surface area contributed by atoms with Crippen LogP contribution >= 0.6 is 0 Å². The van der Waals surface area contributed by atoms with Gasteiger partial charge in [0.25, 0.3) is 0 Å². The molecule has 2 aliphatic heterocycles.